The normalized spacial score (nSPS) is 12.2. The largest absolute Gasteiger partial charge is 0.494 e. The van der Waals surface area contributed by atoms with E-state index < -0.39 is 23.8 Å². The van der Waals surface area contributed by atoms with E-state index in [9.17, 15) is 22.8 Å². The zero-order chi connectivity index (χ0) is 28.9. The smallest absolute Gasteiger partial charge is 0.418 e. The van der Waals surface area contributed by atoms with Crippen molar-refractivity contribution in [3.05, 3.63) is 94.5 Å². The second-order valence-corrected chi connectivity index (χ2v) is 9.25. The maximum atomic E-state index is 13.8. The van der Waals surface area contributed by atoms with Crippen molar-refractivity contribution in [3.8, 4) is 11.4 Å². The van der Waals surface area contributed by atoms with Gasteiger partial charge in [0, 0.05) is 6.54 Å². The van der Waals surface area contributed by atoms with Gasteiger partial charge in [0.1, 0.15) is 11.6 Å². The number of rotatable bonds is 9. The highest BCUT2D eigenvalue weighted by Crippen LogP contribution is 2.35. The highest BCUT2D eigenvalue weighted by atomic mass is 19.4. The number of urea groups is 1. The van der Waals surface area contributed by atoms with Crippen molar-refractivity contribution in [2.45, 2.75) is 45.8 Å². The molecule has 0 aliphatic rings. The van der Waals surface area contributed by atoms with Gasteiger partial charge in [-0.2, -0.15) is 13.2 Å². The van der Waals surface area contributed by atoms with Gasteiger partial charge in [0.25, 0.3) is 5.56 Å². The number of fused-ring (bicyclic) bond motifs is 1. The molecule has 0 bridgehead atoms. The fourth-order valence-electron chi connectivity index (χ4n) is 4.50. The molecule has 1 atom stereocenters. The number of nitrogens with zero attached hydrogens (tertiary/aromatic N) is 3. The number of aromatic nitrogens is 2. The first-order valence-electron chi connectivity index (χ1n) is 13.1. The first kappa shape index (κ1) is 28.7. The molecule has 1 unspecified atom stereocenters. The Hall–Kier alpha value is -4.34. The minimum Gasteiger partial charge on any atom is -0.494 e. The molecule has 7 nitrogen and oxygen atoms in total. The van der Waals surface area contributed by atoms with Crippen molar-refractivity contribution in [2.24, 2.45) is 0 Å². The second kappa shape index (κ2) is 12.2. The molecule has 40 heavy (non-hydrogen) atoms. The molecule has 1 heterocycles. The van der Waals surface area contributed by atoms with E-state index in [-0.39, 0.29) is 23.6 Å². The first-order valence-corrected chi connectivity index (χ1v) is 13.1. The van der Waals surface area contributed by atoms with Crippen LogP contribution in [0.4, 0.5) is 23.7 Å². The number of halogens is 3. The molecule has 0 saturated heterocycles. The van der Waals surface area contributed by atoms with E-state index in [0.717, 1.165) is 12.5 Å². The molecule has 4 rings (SSSR count). The summed E-state index contributed by atoms with van der Waals surface area (Å²) in [6.45, 7) is 6.26. The van der Waals surface area contributed by atoms with Gasteiger partial charge in [-0.05, 0) is 68.8 Å². The van der Waals surface area contributed by atoms with Crippen LogP contribution in [0.15, 0.2) is 77.6 Å². The molecule has 2 amide bonds. The average Bonchev–Trinajstić information content (AvgIpc) is 2.93. The Morgan fingerprint density at radius 2 is 1.70 bits per heavy atom. The second-order valence-electron chi connectivity index (χ2n) is 9.25. The number of hydrogen-bond acceptors (Lipinski definition) is 4. The SMILES string of the molecule is CCCCN(C(=O)Nc1ccccc1C(F)(F)F)C(C)c1nc2ccccc2c(=O)n1-c1ccc(OCC)cc1. The lowest BCUT2D eigenvalue weighted by atomic mass is 10.1. The topological polar surface area (TPSA) is 76.5 Å². The zero-order valence-electron chi connectivity index (χ0n) is 22.5. The lowest BCUT2D eigenvalue weighted by Gasteiger charge is -2.31. The van der Waals surface area contributed by atoms with E-state index in [1.807, 2.05) is 13.8 Å². The first-order chi connectivity index (χ1) is 19.2. The number of ether oxygens (including phenoxy) is 1. The van der Waals surface area contributed by atoms with Crippen LogP contribution in [0.2, 0.25) is 0 Å². The highest BCUT2D eigenvalue weighted by molar-refractivity contribution is 5.90. The Bertz CT molecular complexity index is 1530. The Labute approximate surface area is 230 Å². The van der Waals surface area contributed by atoms with Crippen molar-refractivity contribution in [1.82, 2.24) is 14.5 Å². The van der Waals surface area contributed by atoms with Crippen LogP contribution in [-0.2, 0) is 6.18 Å². The fraction of sp³-hybridized carbons (Fsp3) is 0.300. The number of carbonyl (C=O) groups is 1. The molecule has 1 aromatic heterocycles. The Morgan fingerprint density at radius 3 is 2.38 bits per heavy atom. The van der Waals surface area contributed by atoms with Crippen molar-refractivity contribution in [1.29, 1.82) is 0 Å². The van der Waals surface area contributed by atoms with Crippen LogP contribution in [0, 0.1) is 0 Å². The monoisotopic (exact) mass is 552 g/mol. The standard InChI is InChI=1S/C30H31F3N4O3/c1-4-6-19-36(29(39)35-26-14-10-8-12-24(26)30(31,32)33)20(3)27-34-25-13-9-7-11-23(25)28(38)37(27)21-15-17-22(18-16-21)40-5-2/h7-18,20H,4-6,19H2,1-3H3,(H,35,39). The Kier molecular flexibility index (Phi) is 8.77. The lowest BCUT2D eigenvalue weighted by Crippen LogP contribution is -2.40. The quantitative estimate of drug-likeness (QED) is 0.238. The summed E-state index contributed by atoms with van der Waals surface area (Å²) >= 11 is 0. The molecule has 0 aliphatic heterocycles. The summed E-state index contributed by atoms with van der Waals surface area (Å²) in [6, 6.07) is 17.2. The van der Waals surface area contributed by atoms with Gasteiger partial charge >= 0.3 is 12.2 Å². The van der Waals surface area contributed by atoms with E-state index in [0.29, 0.717) is 35.4 Å². The van der Waals surface area contributed by atoms with Crippen LogP contribution in [0.3, 0.4) is 0 Å². The van der Waals surface area contributed by atoms with E-state index in [1.165, 1.54) is 27.7 Å². The van der Waals surface area contributed by atoms with Crippen LogP contribution < -0.4 is 15.6 Å². The average molecular weight is 553 g/mol. The number of anilines is 1. The van der Waals surface area contributed by atoms with E-state index in [2.05, 4.69) is 5.32 Å². The van der Waals surface area contributed by atoms with Gasteiger partial charge in [-0.3, -0.25) is 9.36 Å². The molecule has 210 valence electrons. The van der Waals surface area contributed by atoms with Crippen molar-refractivity contribution >= 4 is 22.6 Å². The van der Waals surface area contributed by atoms with Crippen LogP contribution in [0.5, 0.6) is 5.75 Å². The molecule has 3 aromatic carbocycles. The van der Waals surface area contributed by atoms with Gasteiger partial charge in [-0.15, -0.1) is 0 Å². The van der Waals surface area contributed by atoms with Gasteiger partial charge < -0.3 is 15.0 Å². The van der Waals surface area contributed by atoms with Crippen LogP contribution in [0.25, 0.3) is 16.6 Å². The predicted molar refractivity (Wildman–Crippen MR) is 149 cm³/mol. The molecule has 4 aromatic rings. The molecule has 0 spiro atoms. The number of unbranched alkanes of at least 4 members (excludes halogenated alkanes) is 1. The predicted octanol–water partition coefficient (Wildman–Crippen LogP) is 7.20. The summed E-state index contributed by atoms with van der Waals surface area (Å²) in [5.74, 6) is 0.915. The Balaban J connectivity index is 1.81. The maximum absolute atomic E-state index is 13.8. The van der Waals surface area contributed by atoms with Gasteiger partial charge in [0.15, 0.2) is 0 Å². The zero-order valence-corrected chi connectivity index (χ0v) is 22.5. The number of amides is 2. The highest BCUT2D eigenvalue weighted by Gasteiger charge is 2.34. The lowest BCUT2D eigenvalue weighted by molar-refractivity contribution is -0.136. The van der Waals surface area contributed by atoms with Gasteiger partial charge in [0.2, 0.25) is 0 Å². The van der Waals surface area contributed by atoms with E-state index >= 15 is 0 Å². The summed E-state index contributed by atoms with van der Waals surface area (Å²) in [6.07, 6.45) is -3.30. The number of nitrogens with one attached hydrogen (secondary N) is 1. The maximum Gasteiger partial charge on any atom is 0.418 e. The van der Waals surface area contributed by atoms with Gasteiger partial charge in [0.05, 0.1) is 40.5 Å². The molecular formula is C30H31F3N4O3. The number of para-hydroxylation sites is 2. The number of hydrogen-bond donors (Lipinski definition) is 1. The molecule has 0 radical (unpaired) electrons. The summed E-state index contributed by atoms with van der Waals surface area (Å²) in [5, 5.41) is 2.84. The molecule has 1 N–H and O–H groups in total. The Morgan fingerprint density at radius 1 is 1.02 bits per heavy atom. The van der Waals surface area contributed by atoms with Crippen LogP contribution >= 0.6 is 0 Å². The summed E-state index contributed by atoms with van der Waals surface area (Å²) in [7, 11) is 0. The van der Waals surface area contributed by atoms with Crippen LogP contribution in [0.1, 0.15) is 51.0 Å². The fourth-order valence-corrected chi connectivity index (χ4v) is 4.50. The van der Waals surface area contributed by atoms with E-state index in [4.69, 9.17) is 9.72 Å². The van der Waals surface area contributed by atoms with Crippen LogP contribution in [-0.4, -0.2) is 33.6 Å². The van der Waals surface area contributed by atoms with E-state index in [1.54, 1.807) is 55.5 Å². The van der Waals surface area contributed by atoms with Crippen molar-refractivity contribution in [3.63, 3.8) is 0 Å². The number of benzene rings is 3. The molecular weight excluding hydrogens is 521 g/mol. The molecule has 0 aliphatic carbocycles. The van der Waals surface area contributed by atoms with Crippen molar-refractivity contribution < 1.29 is 22.7 Å². The third-order valence-corrected chi connectivity index (χ3v) is 6.54. The summed E-state index contributed by atoms with van der Waals surface area (Å²) < 4.78 is 47.8. The summed E-state index contributed by atoms with van der Waals surface area (Å²) in [5.41, 5.74) is -0.637. The molecule has 10 heteroatoms. The van der Waals surface area contributed by atoms with Crippen molar-refractivity contribution in [2.75, 3.05) is 18.5 Å². The minimum absolute atomic E-state index is 0.240. The third kappa shape index (κ3) is 6.11. The number of alkyl halides is 3. The third-order valence-electron chi connectivity index (χ3n) is 6.54. The van der Waals surface area contributed by atoms with Gasteiger partial charge in [-0.25, -0.2) is 9.78 Å². The summed E-state index contributed by atoms with van der Waals surface area (Å²) in [4.78, 5) is 33.5. The minimum atomic E-state index is -4.64. The van der Waals surface area contributed by atoms with Gasteiger partial charge in [-0.1, -0.05) is 37.6 Å². The molecule has 0 saturated carbocycles. The number of carbonyl (C=O) groups excluding carboxylic acids is 1. The molecule has 0 fully saturated rings.